The van der Waals surface area contributed by atoms with E-state index in [0.717, 1.165) is 25.8 Å². The Balaban J connectivity index is 3.21. The molecule has 3 N–H and O–H groups in total. The lowest BCUT2D eigenvalue weighted by atomic mass is 10.2. The molecule has 0 bridgehead atoms. The second kappa shape index (κ2) is 5.09. The van der Waals surface area contributed by atoms with Crippen LogP contribution in [-0.2, 0) is 0 Å². The molecule has 0 aromatic carbocycles. The lowest BCUT2D eigenvalue weighted by Crippen LogP contribution is -2.33. The average Bonchev–Trinajstić information content (AvgIpc) is 1.88. The molecule has 0 saturated carbocycles. The molecular formula is C7H16N3. The zero-order valence-electron chi connectivity index (χ0n) is 6.56. The first-order valence-corrected chi connectivity index (χ1v) is 3.53. The summed E-state index contributed by atoms with van der Waals surface area (Å²) in [6, 6.07) is 0. The van der Waals surface area contributed by atoms with E-state index < -0.39 is 0 Å². The van der Waals surface area contributed by atoms with Crippen molar-refractivity contribution < 1.29 is 0 Å². The Labute approximate surface area is 62.7 Å². The van der Waals surface area contributed by atoms with E-state index in [2.05, 4.69) is 6.92 Å². The Morgan fingerprint density at radius 3 is 2.60 bits per heavy atom. The molecule has 3 nitrogen and oxygen atoms in total. The van der Waals surface area contributed by atoms with Gasteiger partial charge in [0.25, 0.3) is 0 Å². The Hall–Kier alpha value is -0.730. The van der Waals surface area contributed by atoms with Gasteiger partial charge in [-0.1, -0.05) is 19.8 Å². The van der Waals surface area contributed by atoms with Crippen LogP contribution in [0.15, 0.2) is 0 Å². The zero-order chi connectivity index (χ0) is 7.98. The fourth-order valence-corrected chi connectivity index (χ4v) is 0.646. The molecule has 0 aliphatic rings. The van der Waals surface area contributed by atoms with Crippen LogP contribution in [0.5, 0.6) is 0 Å². The van der Waals surface area contributed by atoms with Crippen LogP contribution in [0.4, 0.5) is 0 Å². The molecule has 10 heavy (non-hydrogen) atoms. The van der Waals surface area contributed by atoms with Crippen molar-refractivity contribution in [3.8, 4) is 0 Å². The Morgan fingerprint density at radius 2 is 2.20 bits per heavy atom. The second-order valence-electron chi connectivity index (χ2n) is 2.37. The highest BCUT2D eigenvalue weighted by molar-refractivity contribution is 5.74. The van der Waals surface area contributed by atoms with Crippen LogP contribution in [0.25, 0.3) is 0 Å². The number of rotatable bonds is 4. The monoisotopic (exact) mass is 142 g/mol. The van der Waals surface area contributed by atoms with Gasteiger partial charge in [-0.25, -0.2) is 0 Å². The molecule has 0 spiro atoms. The van der Waals surface area contributed by atoms with Gasteiger partial charge in [-0.15, -0.1) is 0 Å². The predicted molar refractivity (Wildman–Crippen MR) is 43.8 cm³/mol. The van der Waals surface area contributed by atoms with Gasteiger partial charge in [0.15, 0.2) is 5.96 Å². The Morgan fingerprint density at radius 1 is 1.60 bits per heavy atom. The summed E-state index contributed by atoms with van der Waals surface area (Å²) in [6.07, 6.45) is 3.14. The van der Waals surface area contributed by atoms with Gasteiger partial charge in [0.1, 0.15) is 0 Å². The predicted octanol–water partition coefficient (Wildman–Crippen LogP) is 0.816. The Bertz CT molecular complexity index is 101. The van der Waals surface area contributed by atoms with E-state index in [1.807, 2.05) is 7.05 Å². The standard InChI is InChI=1S/C7H16N3/c1-3-4-5-6-10(2)7(8)9/h1,3-6H2,2H3,(H3,8,9). The highest BCUT2D eigenvalue weighted by atomic mass is 15.2. The molecule has 0 fully saturated rings. The van der Waals surface area contributed by atoms with Crippen LogP contribution in [0, 0.1) is 12.3 Å². The van der Waals surface area contributed by atoms with Crippen molar-refractivity contribution in [2.45, 2.75) is 19.3 Å². The maximum atomic E-state index is 7.02. The highest BCUT2D eigenvalue weighted by Gasteiger charge is 1.96. The van der Waals surface area contributed by atoms with Crippen molar-refractivity contribution in [2.24, 2.45) is 5.73 Å². The van der Waals surface area contributed by atoms with Gasteiger partial charge in [0.2, 0.25) is 0 Å². The average molecular weight is 142 g/mol. The van der Waals surface area contributed by atoms with Crippen molar-refractivity contribution in [3.05, 3.63) is 6.92 Å². The Kier molecular flexibility index (Phi) is 4.72. The van der Waals surface area contributed by atoms with Crippen LogP contribution in [0.3, 0.4) is 0 Å². The second-order valence-corrected chi connectivity index (χ2v) is 2.37. The third-order valence-electron chi connectivity index (χ3n) is 1.40. The lowest BCUT2D eigenvalue weighted by Gasteiger charge is -2.15. The normalized spacial score (nSPS) is 9.40. The van der Waals surface area contributed by atoms with Gasteiger partial charge in [0.05, 0.1) is 0 Å². The van der Waals surface area contributed by atoms with Crippen molar-refractivity contribution in [3.63, 3.8) is 0 Å². The van der Waals surface area contributed by atoms with Gasteiger partial charge in [0, 0.05) is 13.6 Å². The van der Waals surface area contributed by atoms with Crippen molar-refractivity contribution in [2.75, 3.05) is 13.6 Å². The molecular weight excluding hydrogens is 126 g/mol. The molecule has 0 aromatic rings. The van der Waals surface area contributed by atoms with Gasteiger partial charge in [-0.2, -0.15) is 0 Å². The summed E-state index contributed by atoms with van der Waals surface area (Å²) in [5.74, 6) is 0.143. The molecule has 0 aliphatic heterocycles. The van der Waals surface area contributed by atoms with E-state index in [-0.39, 0.29) is 5.96 Å². The third-order valence-corrected chi connectivity index (χ3v) is 1.40. The molecule has 0 heterocycles. The van der Waals surface area contributed by atoms with E-state index in [1.165, 1.54) is 0 Å². The minimum Gasteiger partial charge on any atom is -0.370 e. The summed E-state index contributed by atoms with van der Waals surface area (Å²) in [6.45, 7) is 4.59. The SMILES string of the molecule is [CH2]CCCCN(C)C(=N)N. The van der Waals surface area contributed by atoms with E-state index in [1.54, 1.807) is 4.90 Å². The molecule has 0 aliphatic carbocycles. The number of nitrogens with two attached hydrogens (primary N) is 1. The molecule has 0 unspecified atom stereocenters. The topological polar surface area (TPSA) is 53.1 Å². The highest BCUT2D eigenvalue weighted by Crippen LogP contribution is 1.94. The van der Waals surface area contributed by atoms with Gasteiger partial charge in [-0.05, 0) is 6.42 Å². The summed E-state index contributed by atoms with van der Waals surface area (Å²) in [7, 11) is 1.82. The van der Waals surface area contributed by atoms with Gasteiger partial charge >= 0.3 is 0 Å². The maximum absolute atomic E-state index is 7.02. The van der Waals surface area contributed by atoms with E-state index in [0.29, 0.717) is 0 Å². The molecule has 1 radical (unpaired) electrons. The number of unbranched alkanes of at least 4 members (excludes halogenated alkanes) is 2. The quantitative estimate of drug-likeness (QED) is 0.347. The minimum absolute atomic E-state index is 0.143. The summed E-state index contributed by atoms with van der Waals surface area (Å²) >= 11 is 0. The molecule has 59 valence electrons. The number of guanidine groups is 1. The van der Waals surface area contributed by atoms with Crippen LogP contribution in [0.2, 0.25) is 0 Å². The van der Waals surface area contributed by atoms with E-state index >= 15 is 0 Å². The van der Waals surface area contributed by atoms with E-state index in [9.17, 15) is 0 Å². The first-order chi connectivity index (χ1) is 4.68. The third kappa shape index (κ3) is 4.18. The van der Waals surface area contributed by atoms with Gasteiger partial charge in [-0.3, -0.25) is 5.41 Å². The summed E-state index contributed by atoms with van der Waals surface area (Å²) in [4.78, 5) is 1.73. The largest absolute Gasteiger partial charge is 0.370 e. The van der Waals surface area contributed by atoms with Crippen molar-refractivity contribution in [1.82, 2.24) is 4.90 Å². The first kappa shape index (κ1) is 9.27. The maximum Gasteiger partial charge on any atom is 0.188 e. The number of nitrogens with zero attached hydrogens (tertiary/aromatic N) is 1. The van der Waals surface area contributed by atoms with Crippen LogP contribution < -0.4 is 5.73 Å². The van der Waals surface area contributed by atoms with Crippen LogP contribution in [0.1, 0.15) is 19.3 Å². The summed E-state index contributed by atoms with van der Waals surface area (Å²) in [5, 5.41) is 7.02. The lowest BCUT2D eigenvalue weighted by molar-refractivity contribution is 0.471. The van der Waals surface area contributed by atoms with Gasteiger partial charge < -0.3 is 10.6 Å². The zero-order valence-corrected chi connectivity index (χ0v) is 6.56. The summed E-state index contributed by atoms with van der Waals surface area (Å²) < 4.78 is 0. The molecule has 3 heteroatoms. The molecule has 0 aromatic heterocycles. The summed E-state index contributed by atoms with van der Waals surface area (Å²) in [5.41, 5.74) is 5.21. The fraction of sp³-hybridized carbons (Fsp3) is 0.714. The number of nitrogens with one attached hydrogen (secondary N) is 1. The van der Waals surface area contributed by atoms with E-state index in [4.69, 9.17) is 11.1 Å². The molecule has 0 saturated heterocycles. The minimum atomic E-state index is 0.143. The van der Waals surface area contributed by atoms with Crippen LogP contribution in [-0.4, -0.2) is 24.5 Å². The first-order valence-electron chi connectivity index (χ1n) is 3.53. The fourth-order valence-electron chi connectivity index (χ4n) is 0.646. The smallest absolute Gasteiger partial charge is 0.188 e. The van der Waals surface area contributed by atoms with Crippen molar-refractivity contribution in [1.29, 1.82) is 5.41 Å². The molecule has 0 rings (SSSR count). The molecule has 0 atom stereocenters. The van der Waals surface area contributed by atoms with Crippen LogP contribution >= 0.6 is 0 Å². The van der Waals surface area contributed by atoms with Crippen molar-refractivity contribution >= 4 is 5.96 Å². The number of hydrogen-bond acceptors (Lipinski definition) is 1. The molecule has 0 amide bonds. The number of hydrogen-bond donors (Lipinski definition) is 2.